The first-order valence-corrected chi connectivity index (χ1v) is 5.39. The number of aryl methyl sites for hydroxylation is 1. The number of nitrogens with zero attached hydrogens (tertiary/aromatic N) is 2. The molecule has 2 N–H and O–H groups in total. The number of hydrogen-bond donors (Lipinski definition) is 1. The van der Waals surface area contributed by atoms with Crippen LogP contribution in [0, 0.1) is 6.92 Å². The first kappa shape index (κ1) is 12.0. The van der Waals surface area contributed by atoms with Crippen LogP contribution in [0.5, 0.6) is 0 Å². The van der Waals surface area contributed by atoms with E-state index in [1.165, 1.54) is 13.3 Å². The molecule has 0 aliphatic heterocycles. The van der Waals surface area contributed by atoms with Gasteiger partial charge in [0.1, 0.15) is 0 Å². The van der Waals surface area contributed by atoms with Gasteiger partial charge in [-0.15, -0.1) is 0 Å². The molecule has 5 heteroatoms. The van der Waals surface area contributed by atoms with Gasteiger partial charge in [-0.3, -0.25) is 0 Å². The summed E-state index contributed by atoms with van der Waals surface area (Å²) < 4.78 is 4.64. The molecule has 2 aromatic rings. The summed E-state index contributed by atoms with van der Waals surface area (Å²) in [6.07, 6.45) is 1.46. The monoisotopic (exact) mass is 243 g/mol. The molecule has 1 heterocycles. The Bertz CT molecular complexity index is 597. The third-order valence-electron chi connectivity index (χ3n) is 2.53. The number of esters is 1. The average molecular weight is 243 g/mol. The number of ether oxygens (including phenoxy) is 1. The van der Waals surface area contributed by atoms with Crippen LogP contribution in [0.4, 0.5) is 5.69 Å². The Morgan fingerprint density at radius 3 is 2.78 bits per heavy atom. The van der Waals surface area contributed by atoms with E-state index >= 15 is 0 Å². The van der Waals surface area contributed by atoms with Gasteiger partial charge >= 0.3 is 5.97 Å². The number of carbonyl (C=O) groups is 1. The van der Waals surface area contributed by atoms with Crippen molar-refractivity contribution in [3.05, 3.63) is 41.7 Å². The maximum atomic E-state index is 11.4. The summed E-state index contributed by atoms with van der Waals surface area (Å²) in [4.78, 5) is 19.9. The minimum absolute atomic E-state index is 0.366. The van der Waals surface area contributed by atoms with Crippen LogP contribution in [0.3, 0.4) is 0 Å². The zero-order valence-electron chi connectivity index (χ0n) is 10.2. The first-order valence-electron chi connectivity index (χ1n) is 5.39. The molecule has 1 aromatic carbocycles. The molecule has 5 nitrogen and oxygen atoms in total. The van der Waals surface area contributed by atoms with E-state index in [2.05, 4.69) is 14.7 Å². The largest absolute Gasteiger partial charge is 0.465 e. The summed E-state index contributed by atoms with van der Waals surface area (Å²) >= 11 is 0. The number of methoxy groups -OCH3 is 1. The summed E-state index contributed by atoms with van der Waals surface area (Å²) in [5.41, 5.74) is 8.11. The lowest BCUT2D eigenvalue weighted by molar-refractivity contribution is 0.0599. The lowest BCUT2D eigenvalue weighted by Crippen LogP contribution is -2.07. The molecule has 0 saturated carbocycles. The molecule has 0 fully saturated rings. The molecular weight excluding hydrogens is 230 g/mol. The van der Waals surface area contributed by atoms with Crippen LogP contribution in [0.25, 0.3) is 11.4 Å². The van der Waals surface area contributed by atoms with Crippen molar-refractivity contribution in [3.8, 4) is 11.4 Å². The smallest absolute Gasteiger partial charge is 0.341 e. The molecule has 92 valence electrons. The van der Waals surface area contributed by atoms with Crippen molar-refractivity contribution in [2.75, 3.05) is 12.8 Å². The van der Waals surface area contributed by atoms with Gasteiger partial charge in [0, 0.05) is 17.4 Å². The minimum Gasteiger partial charge on any atom is -0.465 e. The summed E-state index contributed by atoms with van der Waals surface area (Å²) in [7, 11) is 1.33. The Morgan fingerprint density at radius 1 is 1.39 bits per heavy atom. The Morgan fingerprint density at radius 2 is 2.17 bits per heavy atom. The molecule has 1 aromatic heterocycles. The van der Waals surface area contributed by atoms with Crippen LogP contribution < -0.4 is 5.73 Å². The third kappa shape index (κ3) is 2.29. The standard InChI is InChI=1S/C13H13N3O2/c1-8-11(13(17)18-2)7-15-12(16-8)9-4-3-5-10(14)6-9/h3-7H,14H2,1-2H3. The van der Waals surface area contributed by atoms with Gasteiger partial charge in [0.15, 0.2) is 5.82 Å². The van der Waals surface area contributed by atoms with Crippen molar-refractivity contribution in [2.45, 2.75) is 6.92 Å². The highest BCUT2D eigenvalue weighted by Gasteiger charge is 2.12. The highest BCUT2D eigenvalue weighted by atomic mass is 16.5. The van der Waals surface area contributed by atoms with Gasteiger partial charge in [-0.05, 0) is 19.1 Å². The predicted octanol–water partition coefficient (Wildman–Crippen LogP) is 1.82. The fourth-order valence-corrected chi connectivity index (χ4v) is 1.59. The van der Waals surface area contributed by atoms with E-state index in [0.29, 0.717) is 22.8 Å². The topological polar surface area (TPSA) is 78.1 Å². The minimum atomic E-state index is -0.438. The summed E-state index contributed by atoms with van der Waals surface area (Å²) in [6.45, 7) is 1.74. The van der Waals surface area contributed by atoms with Crippen molar-refractivity contribution in [1.82, 2.24) is 9.97 Å². The molecular formula is C13H13N3O2. The van der Waals surface area contributed by atoms with E-state index in [9.17, 15) is 4.79 Å². The number of aromatic nitrogens is 2. The lowest BCUT2D eigenvalue weighted by Gasteiger charge is -2.05. The summed E-state index contributed by atoms with van der Waals surface area (Å²) in [5, 5.41) is 0. The van der Waals surface area contributed by atoms with Gasteiger partial charge in [0.05, 0.1) is 18.4 Å². The Hall–Kier alpha value is -2.43. The maximum Gasteiger partial charge on any atom is 0.341 e. The first-order chi connectivity index (χ1) is 8.61. The van der Waals surface area contributed by atoms with E-state index in [1.54, 1.807) is 19.1 Å². The van der Waals surface area contributed by atoms with Crippen molar-refractivity contribution in [2.24, 2.45) is 0 Å². The number of hydrogen-bond acceptors (Lipinski definition) is 5. The van der Waals surface area contributed by atoms with E-state index in [1.807, 2.05) is 12.1 Å². The number of rotatable bonds is 2. The zero-order valence-corrected chi connectivity index (χ0v) is 10.2. The molecule has 0 aliphatic carbocycles. The average Bonchev–Trinajstić information content (AvgIpc) is 2.37. The number of nitrogen functional groups attached to an aromatic ring is 1. The van der Waals surface area contributed by atoms with Gasteiger partial charge < -0.3 is 10.5 Å². The molecule has 0 aliphatic rings. The molecule has 0 amide bonds. The third-order valence-corrected chi connectivity index (χ3v) is 2.53. The van der Waals surface area contributed by atoms with Crippen LogP contribution in [0.1, 0.15) is 16.1 Å². The van der Waals surface area contributed by atoms with Crippen molar-refractivity contribution in [1.29, 1.82) is 0 Å². The molecule has 0 unspecified atom stereocenters. The van der Waals surface area contributed by atoms with Crippen LogP contribution >= 0.6 is 0 Å². The number of nitrogens with two attached hydrogens (primary N) is 1. The second-order valence-corrected chi connectivity index (χ2v) is 3.81. The fourth-order valence-electron chi connectivity index (χ4n) is 1.59. The molecule has 0 atom stereocenters. The van der Waals surface area contributed by atoms with Crippen molar-refractivity contribution in [3.63, 3.8) is 0 Å². The Labute approximate surface area is 105 Å². The van der Waals surface area contributed by atoms with Crippen LogP contribution in [0.15, 0.2) is 30.5 Å². The lowest BCUT2D eigenvalue weighted by atomic mass is 10.1. The van der Waals surface area contributed by atoms with Gasteiger partial charge in [0.25, 0.3) is 0 Å². The molecule has 0 spiro atoms. The number of benzene rings is 1. The summed E-state index contributed by atoms with van der Waals surface area (Å²) in [6, 6.07) is 7.27. The quantitative estimate of drug-likeness (QED) is 0.643. The second kappa shape index (κ2) is 4.83. The second-order valence-electron chi connectivity index (χ2n) is 3.81. The van der Waals surface area contributed by atoms with Gasteiger partial charge in [-0.2, -0.15) is 0 Å². The van der Waals surface area contributed by atoms with E-state index < -0.39 is 5.97 Å². The Balaban J connectivity index is 2.43. The van der Waals surface area contributed by atoms with Gasteiger partial charge in [0.2, 0.25) is 0 Å². The predicted molar refractivity (Wildman–Crippen MR) is 68.0 cm³/mol. The Kier molecular flexibility index (Phi) is 3.23. The normalized spacial score (nSPS) is 10.1. The molecule has 18 heavy (non-hydrogen) atoms. The van der Waals surface area contributed by atoms with E-state index in [0.717, 1.165) is 5.56 Å². The van der Waals surface area contributed by atoms with Crippen LogP contribution in [-0.2, 0) is 4.74 Å². The highest BCUT2D eigenvalue weighted by Crippen LogP contribution is 2.18. The highest BCUT2D eigenvalue weighted by molar-refractivity contribution is 5.90. The zero-order chi connectivity index (χ0) is 13.1. The van der Waals surface area contributed by atoms with E-state index in [4.69, 9.17) is 5.73 Å². The molecule has 0 radical (unpaired) electrons. The van der Waals surface area contributed by atoms with Crippen molar-refractivity contribution < 1.29 is 9.53 Å². The summed E-state index contributed by atoms with van der Waals surface area (Å²) in [5.74, 6) is 0.0964. The SMILES string of the molecule is COC(=O)c1cnc(-c2cccc(N)c2)nc1C. The van der Waals surface area contributed by atoms with E-state index in [-0.39, 0.29) is 0 Å². The van der Waals surface area contributed by atoms with Crippen LogP contribution in [0.2, 0.25) is 0 Å². The van der Waals surface area contributed by atoms with Gasteiger partial charge in [-0.1, -0.05) is 12.1 Å². The molecule has 2 rings (SSSR count). The molecule has 0 saturated heterocycles. The van der Waals surface area contributed by atoms with Crippen LogP contribution in [-0.4, -0.2) is 23.0 Å². The molecule has 0 bridgehead atoms. The maximum absolute atomic E-state index is 11.4. The van der Waals surface area contributed by atoms with Crippen molar-refractivity contribution >= 4 is 11.7 Å². The number of anilines is 1. The number of carbonyl (C=O) groups excluding carboxylic acids is 1. The van der Waals surface area contributed by atoms with Gasteiger partial charge in [-0.25, -0.2) is 14.8 Å². The fraction of sp³-hybridized carbons (Fsp3) is 0.154.